The Bertz CT molecular complexity index is 870. The van der Waals surface area contributed by atoms with Gasteiger partial charge in [0.2, 0.25) is 5.95 Å². The van der Waals surface area contributed by atoms with Crippen molar-refractivity contribution in [3.8, 4) is 11.4 Å². The van der Waals surface area contributed by atoms with E-state index in [9.17, 15) is 4.79 Å². The van der Waals surface area contributed by atoms with Crippen molar-refractivity contribution in [2.24, 2.45) is 11.8 Å². The average molecular weight is 416 g/mol. The first kappa shape index (κ1) is 22.3. The number of ether oxygens (including phenoxy) is 1. The van der Waals surface area contributed by atoms with Crippen LogP contribution in [0.2, 0.25) is 0 Å². The van der Waals surface area contributed by atoms with Gasteiger partial charge in [-0.3, -0.25) is 9.36 Å². The Balaban J connectivity index is 1.83. The van der Waals surface area contributed by atoms with Crippen molar-refractivity contribution in [1.29, 1.82) is 0 Å². The largest absolute Gasteiger partial charge is 0.495 e. The number of nitrogens with zero attached hydrogens (tertiary/aromatic N) is 2. The molecule has 1 aliphatic carbocycles. The molecule has 1 N–H and O–H groups in total. The molecule has 6 heteroatoms. The maximum absolute atomic E-state index is 15.4. The third-order valence-electron chi connectivity index (χ3n) is 6.13. The van der Waals surface area contributed by atoms with Crippen LogP contribution in [0.1, 0.15) is 74.8 Å². The summed E-state index contributed by atoms with van der Waals surface area (Å²) in [6.45, 7) is 6.87. The quantitative estimate of drug-likeness (QED) is 0.653. The minimum atomic E-state index is -0.636. The fourth-order valence-corrected chi connectivity index (χ4v) is 4.28. The molecule has 5 nitrogen and oxygen atoms in total. The van der Waals surface area contributed by atoms with Gasteiger partial charge in [0.25, 0.3) is 5.91 Å². The highest BCUT2D eigenvalue weighted by Crippen LogP contribution is 2.29. The van der Waals surface area contributed by atoms with Gasteiger partial charge in [-0.05, 0) is 48.8 Å². The Morgan fingerprint density at radius 1 is 1.27 bits per heavy atom. The number of aryl methyl sites for hydroxylation is 2. The predicted octanol–water partition coefficient (Wildman–Crippen LogP) is 5.09. The third kappa shape index (κ3) is 4.85. The highest BCUT2D eigenvalue weighted by Gasteiger charge is 2.26. The lowest BCUT2D eigenvalue weighted by atomic mass is 9.83. The Morgan fingerprint density at radius 2 is 2.00 bits per heavy atom. The second kappa shape index (κ2) is 10.1. The van der Waals surface area contributed by atoms with Crippen molar-refractivity contribution >= 4 is 5.91 Å². The molecule has 3 rings (SSSR count). The molecule has 30 heavy (non-hydrogen) atoms. The molecule has 1 saturated carbocycles. The Kier molecular flexibility index (Phi) is 7.51. The highest BCUT2D eigenvalue weighted by molar-refractivity contribution is 5.92. The maximum atomic E-state index is 15.4. The normalized spacial score (nSPS) is 19.0. The number of imidazole rings is 1. The van der Waals surface area contributed by atoms with Gasteiger partial charge in [-0.15, -0.1) is 0 Å². The second-order valence-electron chi connectivity index (χ2n) is 8.45. The summed E-state index contributed by atoms with van der Waals surface area (Å²) in [7, 11) is 1.58. The molecular formula is C24H34FN3O2. The molecule has 0 radical (unpaired) electrons. The average Bonchev–Trinajstić information content (AvgIpc) is 3.09. The van der Waals surface area contributed by atoms with Gasteiger partial charge in [0, 0.05) is 13.0 Å². The van der Waals surface area contributed by atoms with Gasteiger partial charge in [0.15, 0.2) is 5.69 Å². The van der Waals surface area contributed by atoms with Crippen molar-refractivity contribution < 1.29 is 13.9 Å². The monoisotopic (exact) mass is 415 g/mol. The van der Waals surface area contributed by atoms with Crippen molar-refractivity contribution in [2.45, 2.75) is 65.7 Å². The second-order valence-corrected chi connectivity index (χ2v) is 8.45. The van der Waals surface area contributed by atoms with E-state index in [4.69, 9.17) is 4.74 Å². The zero-order chi connectivity index (χ0) is 21.7. The molecular weight excluding hydrogens is 381 g/mol. The van der Waals surface area contributed by atoms with E-state index >= 15 is 4.39 Å². The molecule has 0 unspecified atom stereocenters. The van der Waals surface area contributed by atoms with Crippen LogP contribution in [0.4, 0.5) is 4.39 Å². The van der Waals surface area contributed by atoms with E-state index in [2.05, 4.69) is 24.1 Å². The number of benzene rings is 1. The van der Waals surface area contributed by atoms with Gasteiger partial charge in [-0.25, -0.2) is 4.98 Å². The van der Waals surface area contributed by atoms with Crippen LogP contribution in [-0.4, -0.2) is 29.1 Å². The number of hydrogen-bond donors (Lipinski definition) is 1. The third-order valence-corrected chi connectivity index (χ3v) is 6.13. The number of nitrogens with one attached hydrogen (secondary N) is 1. The number of methoxy groups -OCH3 is 1. The van der Waals surface area contributed by atoms with Gasteiger partial charge in [-0.2, -0.15) is 4.39 Å². The number of carbonyl (C=O) groups is 1. The van der Waals surface area contributed by atoms with Crippen LogP contribution in [0.25, 0.3) is 5.69 Å². The molecule has 1 aromatic heterocycles. The number of rotatable bonds is 8. The zero-order valence-electron chi connectivity index (χ0n) is 18.6. The van der Waals surface area contributed by atoms with Crippen LogP contribution in [-0.2, 0) is 12.8 Å². The molecule has 0 spiro atoms. The van der Waals surface area contributed by atoms with Crippen LogP contribution in [0.15, 0.2) is 18.2 Å². The van der Waals surface area contributed by atoms with Crippen molar-refractivity contribution in [3.05, 3.63) is 41.2 Å². The first-order valence-corrected chi connectivity index (χ1v) is 11.2. The van der Waals surface area contributed by atoms with Gasteiger partial charge in [0.1, 0.15) is 11.6 Å². The first-order valence-electron chi connectivity index (χ1n) is 11.2. The number of hydrogen-bond acceptors (Lipinski definition) is 3. The van der Waals surface area contributed by atoms with E-state index in [0.717, 1.165) is 37.2 Å². The SMILES string of the molecule is CCCc1ccc(-n2c(CC)nc(C(=O)NCC3CCC(C)CC3)c2F)c(OC)c1. The summed E-state index contributed by atoms with van der Waals surface area (Å²) in [5, 5.41) is 2.91. The van der Waals surface area contributed by atoms with Gasteiger partial charge in [-0.1, -0.05) is 46.1 Å². The Labute approximate surface area is 179 Å². The fourth-order valence-electron chi connectivity index (χ4n) is 4.28. The maximum Gasteiger partial charge on any atom is 0.274 e. The lowest BCUT2D eigenvalue weighted by Crippen LogP contribution is -2.31. The molecule has 164 valence electrons. The van der Waals surface area contributed by atoms with Crippen molar-refractivity contribution in [2.75, 3.05) is 13.7 Å². The summed E-state index contributed by atoms with van der Waals surface area (Å²) >= 11 is 0. The van der Waals surface area contributed by atoms with E-state index in [1.165, 1.54) is 17.4 Å². The molecule has 2 aromatic rings. The summed E-state index contributed by atoms with van der Waals surface area (Å²) in [6.07, 6.45) is 7.06. The highest BCUT2D eigenvalue weighted by atomic mass is 19.1. The summed E-state index contributed by atoms with van der Waals surface area (Å²) in [5.74, 6) is 1.23. The van der Waals surface area contributed by atoms with Gasteiger partial charge < -0.3 is 10.1 Å². The van der Waals surface area contributed by atoms with E-state index in [0.29, 0.717) is 36.1 Å². The van der Waals surface area contributed by atoms with Gasteiger partial charge in [0.05, 0.1) is 12.8 Å². The van der Waals surface area contributed by atoms with E-state index in [-0.39, 0.29) is 5.69 Å². The fraction of sp³-hybridized carbons (Fsp3) is 0.583. The Morgan fingerprint density at radius 3 is 2.63 bits per heavy atom. The molecule has 1 amide bonds. The van der Waals surface area contributed by atoms with Crippen molar-refractivity contribution in [1.82, 2.24) is 14.9 Å². The molecule has 1 aliphatic rings. The number of aromatic nitrogens is 2. The van der Waals surface area contributed by atoms with E-state index in [1.54, 1.807) is 7.11 Å². The molecule has 1 heterocycles. The Hall–Kier alpha value is -2.37. The summed E-state index contributed by atoms with van der Waals surface area (Å²) < 4.78 is 22.3. The van der Waals surface area contributed by atoms with Crippen LogP contribution in [0, 0.1) is 17.8 Å². The van der Waals surface area contributed by atoms with Crippen molar-refractivity contribution in [3.63, 3.8) is 0 Å². The molecule has 0 atom stereocenters. The molecule has 1 fully saturated rings. The first-order chi connectivity index (χ1) is 14.5. The molecule has 0 aliphatic heterocycles. The minimum absolute atomic E-state index is 0.143. The standard InChI is InChI=1S/C24H34FN3O2/c1-5-7-17-12-13-19(20(14-17)30-4)28-21(6-2)27-22(23(28)25)24(29)26-15-18-10-8-16(3)9-11-18/h12-14,16,18H,5-11,15H2,1-4H3,(H,26,29). The molecule has 0 saturated heterocycles. The van der Waals surface area contributed by atoms with E-state index in [1.807, 2.05) is 25.1 Å². The molecule has 1 aromatic carbocycles. The summed E-state index contributed by atoms with van der Waals surface area (Å²) in [4.78, 5) is 17.1. The van der Waals surface area contributed by atoms with Crippen LogP contribution in [0.5, 0.6) is 5.75 Å². The van der Waals surface area contributed by atoms with Crippen LogP contribution in [0.3, 0.4) is 0 Å². The summed E-state index contributed by atoms with van der Waals surface area (Å²) in [5.41, 5.74) is 1.56. The predicted molar refractivity (Wildman–Crippen MR) is 117 cm³/mol. The lowest BCUT2D eigenvalue weighted by Gasteiger charge is -2.26. The lowest BCUT2D eigenvalue weighted by molar-refractivity contribution is 0.0932. The zero-order valence-corrected chi connectivity index (χ0v) is 18.6. The van der Waals surface area contributed by atoms with Gasteiger partial charge >= 0.3 is 0 Å². The van der Waals surface area contributed by atoms with Crippen LogP contribution >= 0.6 is 0 Å². The smallest absolute Gasteiger partial charge is 0.274 e. The van der Waals surface area contributed by atoms with E-state index < -0.39 is 11.9 Å². The molecule has 0 bridgehead atoms. The number of halogens is 1. The summed E-state index contributed by atoms with van der Waals surface area (Å²) in [6, 6.07) is 5.75. The minimum Gasteiger partial charge on any atom is -0.495 e. The number of amides is 1. The number of carbonyl (C=O) groups excluding carboxylic acids is 1. The topological polar surface area (TPSA) is 56.2 Å². The van der Waals surface area contributed by atoms with Crippen LogP contribution < -0.4 is 10.1 Å².